The normalized spacial score (nSPS) is 16.8. The van der Waals surface area contributed by atoms with Crippen LogP contribution in [0.4, 0.5) is 0 Å². The number of rotatable bonds is 21. The van der Waals surface area contributed by atoms with Crippen LogP contribution in [0.1, 0.15) is 78.8 Å². The lowest BCUT2D eigenvalue weighted by Gasteiger charge is -2.29. The Bertz CT molecular complexity index is 1500. The lowest BCUT2D eigenvalue weighted by atomic mass is 10.00. The number of hydrogen-bond acceptors (Lipinski definition) is 10. The summed E-state index contributed by atoms with van der Waals surface area (Å²) >= 11 is 0. The number of aromatic amines is 1. The molecule has 0 aromatic carbocycles. The van der Waals surface area contributed by atoms with Gasteiger partial charge in [-0.25, -0.2) is 4.98 Å². The number of aromatic nitrogens is 2. The van der Waals surface area contributed by atoms with Gasteiger partial charge in [0.25, 0.3) is 0 Å². The van der Waals surface area contributed by atoms with Crippen molar-refractivity contribution in [3.05, 3.63) is 18.2 Å². The first-order chi connectivity index (χ1) is 24.8. The fraction of sp³-hybridized carbons (Fsp3) is 0.636. The third-order valence-electron chi connectivity index (χ3n) is 8.54. The van der Waals surface area contributed by atoms with Gasteiger partial charge in [0.2, 0.25) is 53.2 Å². The molecule has 0 radical (unpaired) electrons. The second kappa shape index (κ2) is 20.5. The smallest absolute Gasteiger partial charge is 0.243 e. The van der Waals surface area contributed by atoms with E-state index >= 15 is 0 Å². The minimum Gasteiger partial charge on any atom is -0.370 e. The van der Waals surface area contributed by atoms with E-state index in [1.807, 2.05) is 0 Å². The Morgan fingerprint density at radius 3 is 1.92 bits per heavy atom. The number of nitrogens with two attached hydrogens (primary N) is 3. The number of carbonyl (C=O) groups is 9. The molecule has 294 valence electrons. The molecule has 0 saturated carbocycles. The summed E-state index contributed by atoms with van der Waals surface area (Å²) in [6, 6.07) is -7.38. The van der Waals surface area contributed by atoms with Crippen LogP contribution < -0.4 is 43.8 Å². The molecule has 9 amide bonds. The molecule has 1 aromatic rings. The van der Waals surface area contributed by atoms with Crippen molar-refractivity contribution < 1.29 is 43.2 Å². The van der Waals surface area contributed by atoms with Gasteiger partial charge in [-0.1, -0.05) is 27.7 Å². The monoisotopic (exact) mass is 747 g/mol. The van der Waals surface area contributed by atoms with Crippen LogP contribution in [0.5, 0.6) is 0 Å². The zero-order valence-corrected chi connectivity index (χ0v) is 30.7. The molecule has 1 aromatic heterocycles. The number of imidazole rings is 1. The molecular formula is C33H53N11O9. The third-order valence-corrected chi connectivity index (χ3v) is 8.54. The maximum atomic E-state index is 13.9. The number of hydrogen-bond donors (Lipinski definition) is 9. The number of likely N-dealkylation sites (tertiary alicyclic amines) is 1. The standard InChI is InChI=1S/C33H53N11O9/c1-16(2)11-21(29(49)41-23(13-26(35)47)31(51)39-20(28(36)48)8-9-25(34)46)40-30(50)22(12-19-14-37-15-38-19)42-33(53)27(17(3)4)43-32(52)24-7-6-10-44(24)18(5)45/h14-17,20-24,27H,6-13H2,1-5H3,(H2,34,46)(H2,35,47)(H2,36,48)(H,37,38)(H,39,51)(H,40,50)(H,41,49)(H,42,53)(H,43,52)/t20-,21-,22-,23-,24-,27-/m0/s1. The molecule has 20 nitrogen and oxygen atoms in total. The molecule has 2 rings (SSSR count). The molecule has 2 heterocycles. The van der Waals surface area contributed by atoms with E-state index in [-0.39, 0.29) is 37.5 Å². The van der Waals surface area contributed by atoms with Crippen molar-refractivity contribution in [3.8, 4) is 0 Å². The van der Waals surface area contributed by atoms with Crippen LogP contribution in [-0.4, -0.2) is 111 Å². The number of carbonyl (C=O) groups excluding carboxylic acids is 9. The molecule has 0 bridgehead atoms. The van der Waals surface area contributed by atoms with Gasteiger partial charge < -0.3 is 53.7 Å². The number of nitrogens with one attached hydrogen (secondary N) is 6. The van der Waals surface area contributed by atoms with Gasteiger partial charge in [0.15, 0.2) is 0 Å². The Labute approximate surface area is 307 Å². The maximum Gasteiger partial charge on any atom is 0.243 e. The number of H-pyrrole nitrogens is 1. The molecule has 12 N–H and O–H groups in total. The quantitative estimate of drug-likeness (QED) is 0.0604. The summed E-state index contributed by atoms with van der Waals surface area (Å²) in [6.07, 6.45) is 2.63. The highest BCUT2D eigenvalue weighted by molar-refractivity contribution is 5.98. The summed E-state index contributed by atoms with van der Waals surface area (Å²) in [5.41, 5.74) is 16.3. The minimum atomic E-state index is -1.60. The van der Waals surface area contributed by atoms with Crippen LogP contribution in [-0.2, 0) is 49.6 Å². The fourth-order valence-electron chi connectivity index (χ4n) is 5.79. The van der Waals surface area contributed by atoms with Gasteiger partial charge in [-0.2, -0.15) is 0 Å². The summed E-state index contributed by atoms with van der Waals surface area (Å²) in [4.78, 5) is 123. The molecule has 1 aliphatic rings. The number of amides is 9. The Morgan fingerprint density at radius 1 is 0.811 bits per heavy atom. The summed E-state index contributed by atoms with van der Waals surface area (Å²) < 4.78 is 0. The van der Waals surface area contributed by atoms with E-state index in [0.717, 1.165) is 0 Å². The zero-order valence-electron chi connectivity index (χ0n) is 30.7. The van der Waals surface area contributed by atoms with Crippen LogP contribution in [0.25, 0.3) is 0 Å². The molecule has 6 atom stereocenters. The summed E-state index contributed by atoms with van der Waals surface area (Å²) in [7, 11) is 0. The minimum absolute atomic E-state index is 0.0500. The summed E-state index contributed by atoms with van der Waals surface area (Å²) in [5.74, 6) is -7.47. The number of nitrogens with zero attached hydrogens (tertiary/aromatic N) is 2. The molecule has 1 saturated heterocycles. The molecule has 20 heteroatoms. The average molecular weight is 748 g/mol. The third kappa shape index (κ3) is 14.2. The van der Waals surface area contributed by atoms with E-state index in [2.05, 4.69) is 36.6 Å². The lowest BCUT2D eigenvalue weighted by Crippen LogP contribution is -2.61. The van der Waals surface area contributed by atoms with E-state index in [4.69, 9.17) is 17.2 Å². The van der Waals surface area contributed by atoms with Crippen molar-refractivity contribution in [2.45, 2.75) is 116 Å². The van der Waals surface area contributed by atoms with Gasteiger partial charge in [-0.3, -0.25) is 43.2 Å². The van der Waals surface area contributed by atoms with Crippen LogP contribution in [0.3, 0.4) is 0 Å². The predicted octanol–water partition coefficient (Wildman–Crippen LogP) is -3.28. The Balaban J connectivity index is 2.30. The first kappa shape index (κ1) is 43.6. The van der Waals surface area contributed by atoms with Gasteiger partial charge >= 0.3 is 0 Å². The van der Waals surface area contributed by atoms with Gasteiger partial charge in [0.1, 0.15) is 36.3 Å². The highest BCUT2D eigenvalue weighted by Gasteiger charge is 2.37. The first-order valence-electron chi connectivity index (χ1n) is 17.4. The van der Waals surface area contributed by atoms with E-state index < -0.39 is 95.8 Å². The van der Waals surface area contributed by atoms with Crippen LogP contribution >= 0.6 is 0 Å². The predicted molar refractivity (Wildman–Crippen MR) is 188 cm³/mol. The van der Waals surface area contributed by atoms with Crippen molar-refractivity contribution in [2.24, 2.45) is 29.0 Å². The van der Waals surface area contributed by atoms with Crippen molar-refractivity contribution in [3.63, 3.8) is 0 Å². The Morgan fingerprint density at radius 2 is 1.40 bits per heavy atom. The topological polar surface area (TPSA) is 324 Å². The molecule has 0 unspecified atom stereocenters. The zero-order chi connectivity index (χ0) is 40.0. The highest BCUT2D eigenvalue weighted by Crippen LogP contribution is 2.18. The average Bonchev–Trinajstić information content (AvgIpc) is 3.76. The largest absolute Gasteiger partial charge is 0.370 e. The van der Waals surface area contributed by atoms with Gasteiger partial charge in [0, 0.05) is 38.2 Å². The van der Waals surface area contributed by atoms with Crippen molar-refractivity contribution in [1.82, 2.24) is 41.5 Å². The molecule has 0 spiro atoms. The first-order valence-corrected chi connectivity index (χ1v) is 17.4. The molecule has 53 heavy (non-hydrogen) atoms. The van der Waals surface area contributed by atoms with Gasteiger partial charge in [0.05, 0.1) is 12.7 Å². The summed E-state index contributed by atoms with van der Waals surface area (Å²) in [6.45, 7) is 8.74. The van der Waals surface area contributed by atoms with Gasteiger partial charge in [-0.15, -0.1) is 0 Å². The molecular weight excluding hydrogens is 694 g/mol. The van der Waals surface area contributed by atoms with Gasteiger partial charge in [-0.05, 0) is 37.5 Å². The van der Waals surface area contributed by atoms with E-state index in [0.29, 0.717) is 25.1 Å². The van der Waals surface area contributed by atoms with Crippen molar-refractivity contribution >= 4 is 53.2 Å². The SMILES string of the molecule is CC(=O)N1CCC[C@H]1C(=O)N[C@H](C(=O)N[C@@H](Cc1cnc[nH]1)C(=O)N[C@@H](CC(C)C)C(=O)N[C@@H](CC(N)=O)C(=O)N[C@@H](CCC(N)=O)C(N)=O)C(C)C. The maximum absolute atomic E-state index is 13.9. The van der Waals surface area contributed by atoms with Crippen molar-refractivity contribution in [2.75, 3.05) is 6.54 Å². The molecule has 1 fully saturated rings. The van der Waals surface area contributed by atoms with E-state index in [1.54, 1.807) is 27.7 Å². The van der Waals surface area contributed by atoms with E-state index in [9.17, 15) is 43.2 Å². The fourth-order valence-corrected chi connectivity index (χ4v) is 5.79. The highest BCUT2D eigenvalue weighted by atomic mass is 16.2. The van der Waals surface area contributed by atoms with E-state index in [1.165, 1.54) is 24.3 Å². The summed E-state index contributed by atoms with van der Waals surface area (Å²) in [5, 5.41) is 12.7. The lowest BCUT2D eigenvalue weighted by molar-refractivity contribution is -0.139. The van der Waals surface area contributed by atoms with Crippen LogP contribution in [0.2, 0.25) is 0 Å². The second-order valence-electron chi connectivity index (χ2n) is 13.8. The van der Waals surface area contributed by atoms with Crippen LogP contribution in [0.15, 0.2) is 12.5 Å². The Kier molecular flexibility index (Phi) is 16.8. The number of primary amides is 3. The molecule has 0 aliphatic carbocycles. The second-order valence-corrected chi connectivity index (χ2v) is 13.8. The Hall–Kier alpha value is -5.56. The van der Waals surface area contributed by atoms with Crippen LogP contribution in [0, 0.1) is 11.8 Å². The van der Waals surface area contributed by atoms with Crippen molar-refractivity contribution in [1.29, 1.82) is 0 Å². The molecule has 1 aliphatic heterocycles.